The average Bonchev–Trinajstić information content (AvgIpc) is 2.41. The van der Waals surface area contributed by atoms with Gasteiger partial charge in [0.2, 0.25) is 0 Å². The zero-order chi connectivity index (χ0) is 7.84. The first-order chi connectivity index (χ1) is 5.29. The summed E-state index contributed by atoms with van der Waals surface area (Å²) in [7, 11) is 0. The van der Waals surface area contributed by atoms with Crippen LogP contribution in [0.25, 0.3) is 0 Å². The summed E-state index contributed by atoms with van der Waals surface area (Å²) in [4.78, 5) is 14.3. The molecule has 2 heterocycles. The van der Waals surface area contributed by atoms with Crippen molar-refractivity contribution in [1.29, 1.82) is 0 Å². The summed E-state index contributed by atoms with van der Waals surface area (Å²) in [5, 5.41) is 8.62. The van der Waals surface area contributed by atoms with Crippen LogP contribution >= 0.6 is 0 Å². The number of hydrogen-bond donors (Lipinski definition) is 1. The molecule has 0 saturated heterocycles. The molecule has 1 aromatic rings. The second kappa shape index (κ2) is 1.98. The van der Waals surface area contributed by atoms with Crippen molar-refractivity contribution in [2.24, 2.45) is 0 Å². The molecule has 0 amide bonds. The summed E-state index contributed by atoms with van der Waals surface area (Å²) >= 11 is 0. The van der Waals surface area contributed by atoms with Gasteiger partial charge in [-0.05, 0) is 0 Å². The highest BCUT2D eigenvalue weighted by molar-refractivity contribution is 5.85. The van der Waals surface area contributed by atoms with E-state index in [1.54, 1.807) is 4.57 Å². The van der Waals surface area contributed by atoms with E-state index < -0.39 is 5.97 Å². The number of hydrogen-bond acceptors (Lipinski definition) is 3. The van der Waals surface area contributed by atoms with Crippen LogP contribution in [0.5, 0.6) is 6.01 Å². The van der Waals surface area contributed by atoms with Crippen molar-refractivity contribution in [2.75, 3.05) is 6.61 Å². The molecule has 1 aliphatic heterocycles. The van der Waals surface area contributed by atoms with Gasteiger partial charge in [-0.15, -0.1) is 0 Å². The molecule has 0 bridgehead atoms. The Hall–Kier alpha value is -1.52. The molecule has 1 N–H and O–H groups in total. The summed E-state index contributed by atoms with van der Waals surface area (Å²) in [5.74, 6) is -0.964. The van der Waals surface area contributed by atoms with Crippen molar-refractivity contribution in [1.82, 2.24) is 9.55 Å². The normalized spacial score (nSPS) is 14.2. The quantitative estimate of drug-likeness (QED) is 0.617. The van der Waals surface area contributed by atoms with Crippen LogP contribution in [0.3, 0.4) is 0 Å². The number of fused-ring (bicyclic) bond motifs is 1. The highest BCUT2D eigenvalue weighted by Gasteiger charge is 2.20. The summed E-state index contributed by atoms with van der Waals surface area (Å²) in [6.07, 6.45) is 1.30. The summed E-state index contributed by atoms with van der Waals surface area (Å²) in [6, 6.07) is 0.405. The molecule has 11 heavy (non-hydrogen) atoms. The van der Waals surface area contributed by atoms with Gasteiger partial charge in [-0.25, -0.2) is 9.78 Å². The van der Waals surface area contributed by atoms with Crippen LogP contribution in [-0.4, -0.2) is 27.2 Å². The van der Waals surface area contributed by atoms with E-state index in [0.717, 1.165) is 0 Å². The van der Waals surface area contributed by atoms with Crippen LogP contribution < -0.4 is 4.74 Å². The lowest BCUT2D eigenvalue weighted by molar-refractivity contribution is 0.0686. The number of ether oxygens (including phenoxy) is 1. The Morgan fingerprint density at radius 2 is 2.64 bits per heavy atom. The number of nitrogens with zero attached hydrogens (tertiary/aromatic N) is 2. The Morgan fingerprint density at radius 1 is 1.82 bits per heavy atom. The molecule has 0 unspecified atom stereocenters. The summed E-state index contributed by atoms with van der Waals surface area (Å²) < 4.78 is 6.56. The fourth-order valence-electron chi connectivity index (χ4n) is 1.09. The van der Waals surface area contributed by atoms with E-state index in [0.29, 0.717) is 19.2 Å². The zero-order valence-electron chi connectivity index (χ0n) is 5.65. The topological polar surface area (TPSA) is 64.3 Å². The maximum absolute atomic E-state index is 10.5. The van der Waals surface area contributed by atoms with E-state index in [2.05, 4.69) is 4.98 Å². The standard InChI is InChI=1S/C6H6N2O3/c9-5(10)4-3-7-6-8(4)1-2-11-6/h3H,1-2H2,(H,9,10). The van der Waals surface area contributed by atoms with Gasteiger partial charge in [0.25, 0.3) is 6.01 Å². The van der Waals surface area contributed by atoms with E-state index in [1.165, 1.54) is 6.20 Å². The summed E-state index contributed by atoms with van der Waals surface area (Å²) in [5.41, 5.74) is 0.192. The Balaban J connectivity index is 2.50. The third-order valence-electron chi connectivity index (χ3n) is 1.58. The molecule has 0 radical (unpaired) electrons. The van der Waals surface area contributed by atoms with Gasteiger partial charge in [-0.3, -0.25) is 4.57 Å². The Morgan fingerprint density at radius 3 is 3.36 bits per heavy atom. The molecule has 1 aromatic heterocycles. The first-order valence-corrected chi connectivity index (χ1v) is 3.20. The number of aromatic nitrogens is 2. The van der Waals surface area contributed by atoms with Crippen molar-refractivity contribution in [3.63, 3.8) is 0 Å². The SMILES string of the molecule is O=C(O)c1cnc2n1CCO2. The van der Waals surface area contributed by atoms with Crippen LogP contribution in [0, 0.1) is 0 Å². The van der Waals surface area contributed by atoms with Crippen LogP contribution in [0.15, 0.2) is 6.20 Å². The average molecular weight is 154 g/mol. The first-order valence-electron chi connectivity index (χ1n) is 3.20. The van der Waals surface area contributed by atoms with Gasteiger partial charge in [-0.1, -0.05) is 0 Å². The van der Waals surface area contributed by atoms with Gasteiger partial charge < -0.3 is 9.84 Å². The molecule has 0 atom stereocenters. The first kappa shape index (κ1) is 6.21. The van der Waals surface area contributed by atoms with E-state index in [-0.39, 0.29) is 5.69 Å². The van der Waals surface area contributed by atoms with Gasteiger partial charge in [0.05, 0.1) is 12.7 Å². The predicted octanol–water partition coefficient (Wildman–Crippen LogP) is -0.0263. The van der Waals surface area contributed by atoms with Crippen molar-refractivity contribution in [3.05, 3.63) is 11.9 Å². The number of rotatable bonds is 1. The van der Waals surface area contributed by atoms with Gasteiger partial charge in [-0.2, -0.15) is 0 Å². The molecule has 0 spiro atoms. The van der Waals surface area contributed by atoms with Crippen LogP contribution in [0.4, 0.5) is 0 Å². The van der Waals surface area contributed by atoms with Gasteiger partial charge >= 0.3 is 5.97 Å². The molecule has 2 rings (SSSR count). The lowest BCUT2D eigenvalue weighted by atomic mass is 10.5. The minimum Gasteiger partial charge on any atom is -0.477 e. The molecular weight excluding hydrogens is 148 g/mol. The van der Waals surface area contributed by atoms with Gasteiger partial charge in [0.15, 0.2) is 0 Å². The zero-order valence-corrected chi connectivity index (χ0v) is 5.65. The van der Waals surface area contributed by atoms with Crippen molar-refractivity contribution >= 4 is 5.97 Å². The van der Waals surface area contributed by atoms with E-state index in [9.17, 15) is 4.79 Å². The largest absolute Gasteiger partial charge is 0.477 e. The molecule has 5 nitrogen and oxygen atoms in total. The number of carbonyl (C=O) groups is 1. The van der Waals surface area contributed by atoms with E-state index in [4.69, 9.17) is 9.84 Å². The Labute approximate surface area is 62.2 Å². The number of carboxylic acid groups (broad SMARTS) is 1. The van der Waals surface area contributed by atoms with Crippen LogP contribution in [-0.2, 0) is 6.54 Å². The van der Waals surface area contributed by atoms with E-state index in [1.807, 2.05) is 0 Å². The summed E-state index contributed by atoms with van der Waals surface area (Å²) in [6.45, 7) is 1.10. The fraction of sp³-hybridized carbons (Fsp3) is 0.333. The van der Waals surface area contributed by atoms with Gasteiger partial charge in [0, 0.05) is 0 Å². The molecular formula is C6H6N2O3. The molecule has 0 aromatic carbocycles. The lowest BCUT2D eigenvalue weighted by Crippen LogP contribution is -2.05. The fourth-order valence-corrected chi connectivity index (χ4v) is 1.09. The second-order valence-electron chi connectivity index (χ2n) is 2.23. The maximum Gasteiger partial charge on any atom is 0.354 e. The molecule has 58 valence electrons. The van der Waals surface area contributed by atoms with Crippen molar-refractivity contribution in [2.45, 2.75) is 6.54 Å². The molecule has 0 fully saturated rings. The highest BCUT2D eigenvalue weighted by Crippen LogP contribution is 2.17. The smallest absolute Gasteiger partial charge is 0.354 e. The Kier molecular flexibility index (Phi) is 1.12. The lowest BCUT2D eigenvalue weighted by Gasteiger charge is -1.93. The predicted molar refractivity (Wildman–Crippen MR) is 34.7 cm³/mol. The second-order valence-corrected chi connectivity index (χ2v) is 2.23. The Bertz CT molecular complexity index is 305. The van der Waals surface area contributed by atoms with Crippen LogP contribution in [0.1, 0.15) is 10.5 Å². The molecule has 5 heteroatoms. The molecule has 1 aliphatic rings. The number of aromatic carboxylic acids is 1. The van der Waals surface area contributed by atoms with Crippen molar-refractivity contribution in [3.8, 4) is 6.01 Å². The number of carboxylic acids is 1. The van der Waals surface area contributed by atoms with Crippen LogP contribution in [0.2, 0.25) is 0 Å². The van der Waals surface area contributed by atoms with Crippen molar-refractivity contribution < 1.29 is 14.6 Å². The molecule has 0 saturated carbocycles. The highest BCUT2D eigenvalue weighted by atomic mass is 16.5. The third kappa shape index (κ3) is 0.772. The maximum atomic E-state index is 10.5. The van der Waals surface area contributed by atoms with E-state index >= 15 is 0 Å². The minimum absolute atomic E-state index is 0.192. The number of imidazole rings is 1. The third-order valence-corrected chi connectivity index (χ3v) is 1.58. The molecule has 0 aliphatic carbocycles. The minimum atomic E-state index is -0.964. The monoisotopic (exact) mass is 154 g/mol. The van der Waals surface area contributed by atoms with Gasteiger partial charge in [0.1, 0.15) is 12.3 Å².